The second kappa shape index (κ2) is 5.71. The van der Waals surface area contributed by atoms with E-state index < -0.39 is 0 Å². The molecular formula is C13H18BrN3O. The number of nitrogen functional groups attached to an aromatic ring is 1. The van der Waals surface area contributed by atoms with Gasteiger partial charge in [0.05, 0.1) is 5.56 Å². The van der Waals surface area contributed by atoms with Gasteiger partial charge in [0, 0.05) is 22.7 Å². The van der Waals surface area contributed by atoms with Crippen LogP contribution in [0.15, 0.2) is 22.7 Å². The highest BCUT2D eigenvalue weighted by Gasteiger charge is 2.21. The van der Waals surface area contributed by atoms with Gasteiger partial charge in [0.15, 0.2) is 0 Å². The van der Waals surface area contributed by atoms with Crippen LogP contribution in [-0.2, 0) is 0 Å². The minimum Gasteiger partial charge on any atom is -0.398 e. The summed E-state index contributed by atoms with van der Waals surface area (Å²) in [6.07, 6.45) is 2.35. The lowest BCUT2D eigenvalue weighted by molar-refractivity contribution is 0.0944. The molecule has 1 amide bonds. The lowest BCUT2D eigenvalue weighted by Crippen LogP contribution is -2.38. The van der Waals surface area contributed by atoms with Crippen LogP contribution < -0.4 is 11.1 Å². The first-order valence-corrected chi connectivity index (χ1v) is 6.90. The van der Waals surface area contributed by atoms with Crippen LogP contribution >= 0.6 is 15.9 Å². The third-order valence-electron chi connectivity index (χ3n) is 3.43. The summed E-state index contributed by atoms with van der Waals surface area (Å²) in [7, 11) is 2.09. The van der Waals surface area contributed by atoms with Crippen molar-refractivity contribution >= 4 is 27.5 Å². The molecule has 0 saturated carbocycles. The first-order valence-electron chi connectivity index (χ1n) is 6.11. The van der Waals surface area contributed by atoms with Crippen LogP contribution in [0.25, 0.3) is 0 Å². The number of benzene rings is 1. The molecule has 1 aliphatic heterocycles. The Kier molecular flexibility index (Phi) is 4.24. The molecule has 1 atom stereocenters. The van der Waals surface area contributed by atoms with E-state index in [0.29, 0.717) is 23.8 Å². The van der Waals surface area contributed by atoms with Crippen LogP contribution in [0.1, 0.15) is 23.2 Å². The third-order valence-corrected chi connectivity index (χ3v) is 3.92. The fraction of sp³-hybridized carbons (Fsp3) is 0.462. The summed E-state index contributed by atoms with van der Waals surface area (Å²) in [6.45, 7) is 1.79. The van der Waals surface area contributed by atoms with Crippen LogP contribution in [0.3, 0.4) is 0 Å². The largest absolute Gasteiger partial charge is 0.398 e. The summed E-state index contributed by atoms with van der Waals surface area (Å²) >= 11 is 3.35. The zero-order chi connectivity index (χ0) is 13.1. The van der Waals surface area contributed by atoms with Crippen molar-refractivity contribution in [2.75, 3.05) is 25.9 Å². The van der Waals surface area contributed by atoms with Gasteiger partial charge in [-0.2, -0.15) is 0 Å². The standard InChI is InChI=1S/C13H18BrN3O/c1-17-6-2-3-10(17)8-16-13(18)11-7-9(14)4-5-12(11)15/h4-5,7,10H,2-3,6,8,15H2,1H3,(H,16,18). The predicted molar refractivity (Wildman–Crippen MR) is 76.5 cm³/mol. The highest BCUT2D eigenvalue weighted by Crippen LogP contribution is 2.19. The van der Waals surface area contributed by atoms with Gasteiger partial charge < -0.3 is 16.0 Å². The number of likely N-dealkylation sites (N-methyl/N-ethyl adjacent to an activating group) is 1. The number of hydrogen-bond donors (Lipinski definition) is 2. The van der Waals surface area contributed by atoms with Gasteiger partial charge in [0.25, 0.3) is 5.91 Å². The fourth-order valence-electron chi connectivity index (χ4n) is 2.27. The van der Waals surface area contributed by atoms with Crippen molar-refractivity contribution in [3.8, 4) is 0 Å². The summed E-state index contributed by atoms with van der Waals surface area (Å²) in [5.41, 5.74) is 6.85. The fourth-order valence-corrected chi connectivity index (χ4v) is 2.63. The molecule has 1 unspecified atom stereocenters. The van der Waals surface area contributed by atoms with Gasteiger partial charge in [-0.3, -0.25) is 4.79 Å². The minimum absolute atomic E-state index is 0.103. The third kappa shape index (κ3) is 3.03. The van der Waals surface area contributed by atoms with Crippen molar-refractivity contribution in [2.45, 2.75) is 18.9 Å². The summed E-state index contributed by atoms with van der Waals surface area (Å²) in [4.78, 5) is 14.3. The number of anilines is 1. The van der Waals surface area contributed by atoms with Gasteiger partial charge >= 0.3 is 0 Å². The highest BCUT2D eigenvalue weighted by atomic mass is 79.9. The normalized spacial score (nSPS) is 20.0. The maximum Gasteiger partial charge on any atom is 0.253 e. The molecule has 2 rings (SSSR count). The quantitative estimate of drug-likeness (QED) is 0.838. The van der Waals surface area contributed by atoms with E-state index in [9.17, 15) is 4.79 Å². The molecule has 3 N–H and O–H groups in total. The zero-order valence-corrected chi connectivity index (χ0v) is 12.0. The average molecular weight is 312 g/mol. The molecule has 98 valence electrons. The van der Waals surface area contributed by atoms with E-state index >= 15 is 0 Å². The molecule has 1 saturated heterocycles. The van der Waals surface area contributed by atoms with E-state index in [4.69, 9.17) is 5.73 Å². The van der Waals surface area contributed by atoms with E-state index in [1.54, 1.807) is 12.1 Å². The van der Waals surface area contributed by atoms with E-state index in [2.05, 4.69) is 33.2 Å². The number of halogens is 1. The van der Waals surface area contributed by atoms with E-state index in [1.807, 2.05) is 6.07 Å². The molecule has 0 aliphatic carbocycles. The molecule has 5 heteroatoms. The molecule has 1 aliphatic rings. The predicted octanol–water partition coefficient (Wildman–Crippen LogP) is 1.86. The molecule has 0 bridgehead atoms. The summed E-state index contributed by atoms with van der Waals surface area (Å²) in [5.74, 6) is -0.103. The molecule has 1 heterocycles. The van der Waals surface area contributed by atoms with Crippen molar-refractivity contribution in [1.29, 1.82) is 0 Å². The number of carbonyl (C=O) groups is 1. The number of hydrogen-bond acceptors (Lipinski definition) is 3. The number of nitrogens with one attached hydrogen (secondary N) is 1. The molecule has 1 fully saturated rings. The average Bonchev–Trinajstić information content (AvgIpc) is 2.75. The van der Waals surface area contributed by atoms with Crippen LogP contribution in [-0.4, -0.2) is 37.0 Å². The van der Waals surface area contributed by atoms with Crippen LogP contribution in [0.4, 0.5) is 5.69 Å². The molecule has 1 aromatic rings. The molecule has 0 aromatic heterocycles. The topological polar surface area (TPSA) is 58.4 Å². The highest BCUT2D eigenvalue weighted by molar-refractivity contribution is 9.10. The molecule has 0 radical (unpaired) electrons. The van der Waals surface area contributed by atoms with Gasteiger partial charge in [0.2, 0.25) is 0 Å². The number of likely N-dealkylation sites (tertiary alicyclic amines) is 1. The second-order valence-electron chi connectivity index (χ2n) is 4.72. The number of amides is 1. The Balaban J connectivity index is 1.97. The minimum atomic E-state index is -0.103. The molecule has 18 heavy (non-hydrogen) atoms. The Morgan fingerprint density at radius 1 is 1.61 bits per heavy atom. The van der Waals surface area contributed by atoms with Gasteiger partial charge in [-0.15, -0.1) is 0 Å². The van der Waals surface area contributed by atoms with Gasteiger partial charge in [0.1, 0.15) is 0 Å². The van der Waals surface area contributed by atoms with Gasteiger partial charge in [-0.25, -0.2) is 0 Å². The number of rotatable bonds is 3. The van der Waals surface area contributed by atoms with Crippen molar-refractivity contribution in [1.82, 2.24) is 10.2 Å². The first-order chi connectivity index (χ1) is 8.58. The Hall–Kier alpha value is -1.07. The maximum atomic E-state index is 12.1. The molecule has 0 spiro atoms. The second-order valence-corrected chi connectivity index (χ2v) is 5.63. The Morgan fingerprint density at radius 2 is 2.39 bits per heavy atom. The molecular weight excluding hydrogens is 294 g/mol. The Morgan fingerprint density at radius 3 is 3.06 bits per heavy atom. The van der Waals surface area contributed by atoms with Crippen molar-refractivity contribution in [3.63, 3.8) is 0 Å². The SMILES string of the molecule is CN1CCCC1CNC(=O)c1cc(Br)ccc1N. The number of carbonyl (C=O) groups excluding carboxylic acids is 1. The summed E-state index contributed by atoms with van der Waals surface area (Å²) < 4.78 is 0.861. The maximum absolute atomic E-state index is 12.1. The smallest absolute Gasteiger partial charge is 0.253 e. The lowest BCUT2D eigenvalue weighted by Gasteiger charge is -2.19. The molecule has 1 aromatic carbocycles. The van der Waals surface area contributed by atoms with E-state index in [1.165, 1.54) is 6.42 Å². The van der Waals surface area contributed by atoms with E-state index in [-0.39, 0.29) is 5.91 Å². The van der Waals surface area contributed by atoms with Crippen LogP contribution in [0.2, 0.25) is 0 Å². The van der Waals surface area contributed by atoms with Crippen LogP contribution in [0.5, 0.6) is 0 Å². The zero-order valence-electron chi connectivity index (χ0n) is 10.4. The van der Waals surface area contributed by atoms with Gasteiger partial charge in [-0.1, -0.05) is 15.9 Å². The Labute approximate surface area is 116 Å². The Bertz CT molecular complexity index is 450. The van der Waals surface area contributed by atoms with E-state index in [0.717, 1.165) is 17.4 Å². The summed E-state index contributed by atoms with van der Waals surface area (Å²) in [6, 6.07) is 5.77. The number of nitrogens with zero attached hydrogens (tertiary/aromatic N) is 1. The number of nitrogens with two attached hydrogens (primary N) is 1. The first kappa shape index (κ1) is 13.4. The summed E-state index contributed by atoms with van der Waals surface area (Å²) in [5, 5.41) is 2.96. The van der Waals surface area contributed by atoms with Crippen molar-refractivity contribution in [3.05, 3.63) is 28.2 Å². The van der Waals surface area contributed by atoms with Gasteiger partial charge in [-0.05, 0) is 44.6 Å². The van der Waals surface area contributed by atoms with Crippen molar-refractivity contribution < 1.29 is 4.79 Å². The molecule has 4 nitrogen and oxygen atoms in total. The lowest BCUT2D eigenvalue weighted by atomic mass is 10.1. The monoisotopic (exact) mass is 311 g/mol. The van der Waals surface area contributed by atoms with Crippen molar-refractivity contribution in [2.24, 2.45) is 0 Å². The van der Waals surface area contributed by atoms with Crippen LogP contribution in [0, 0.1) is 0 Å².